The molecule has 0 radical (unpaired) electrons. The lowest BCUT2D eigenvalue weighted by Gasteiger charge is -2.12. The van der Waals surface area contributed by atoms with Gasteiger partial charge in [-0.3, -0.25) is 9.59 Å². The third-order valence-corrected chi connectivity index (χ3v) is 3.11. The molecular formula is C17H23NO5. The molecule has 126 valence electrons. The highest BCUT2D eigenvalue weighted by Gasteiger charge is 2.10. The molecule has 23 heavy (non-hydrogen) atoms. The Bertz CT molecular complexity index is 538. The van der Waals surface area contributed by atoms with Crippen LogP contribution in [-0.2, 0) is 14.3 Å². The quantitative estimate of drug-likeness (QED) is 0.556. The molecule has 1 N–H and O–H groups in total. The van der Waals surface area contributed by atoms with E-state index in [1.807, 2.05) is 13.8 Å². The lowest BCUT2D eigenvalue weighted by Crippen LogP contribution is -2.36. The first kappa shape index (κ1) is 18.7. The Morgan fingerprint density at radius 3 is 2.35 bits per heavy atom. The average Bonchev–Trinajstić information content (AvgIpc) is 2.51. The number of Topliss-reactive ketones (excluding diaryl/α,β-unsaturated/α-hetero) is 1. The van der Waals surface area contributed by atoms with Crippen LogP contribution < -0.4 is 10.1 Å². The van der Waals surface area contributed by atoms with Crippen LogP contribution in [0.1, 0.15) is 44.0 Å². The van der Waals surface area contributed by atoms with E-state index in [1.54, 1.807) is 24.3 Å². The smallest absolute Gasteiger partial charge is 0.344 e. The third-order valence-electron chi connectivity index (χ3n) is 3.11. The highest BCUT2D eigenvalue weighted by atomic mass is 16.6. The van der Waals surface area contributed by atoms with Crippen LogP contribution in [0.15, 0.2) is 24.3 Å². The number of hydrogen-bond acceptors (Lipinski definition) is 5. The summed E-state index contributed by atoms with van der Waals surface area (Å²) in [5.41, 5.74) is 0.567. The van der Waals surface area contributed by atoms with Crippen molar-refractivity contribution >= 4 is 17.7 Å². The molecule has 0 aliphatic heterocycles. The van der Waals surface area contributed by atoms with Crippen molar-refractivity contribution in [2.75, 3.05) is 13.2 Å². The number of ketones is 1. The van der Waals surface area contributed by atoms with E-state index in [9.17, 15) is 14.4 Å². The summed E-state index contributed by atoms with van der Waals surface area (Å²) < 4.78 is 10.1. The first-order valence-corrected chi connectivity index (χ1v) is 7.61. The molecule has 0 spiro atoms. The van der Waals surface area contributed by atoms with Crippen LogP contribution in [0, 0.1) is 0 Å². The van der Waals surface area contributed by atoms with Crippen LogP contribution in [0.2, 0.25) is 0 Å². The molecule has 0 bridgehead atoms. The van der Waals surface area contributed by atoms with E-state index in [0.717, 1.165) is 12.8 Å². The summed E-state index contributed by atoms with van der Waals surface area (Å²) in [5.74, 6) is -0.545. The normalized spacial score (nSPS) is 11.4. The second-order valence-electron chi connectivity index (χ2n) is 5.29. The highest BCUT2D eigenvalue weighted by molar-refractivity contribution is 5.94. The number of carbonyl (C=O) groups is 3. The molecule has 0 aromatic heterocycles. The molecule has 0 aliphatic rings. The van der Waals surface area contributed by atoms with Gasteiger partial charge < -0.3 is 14.8 Å². The van der Waals surface area contributed by atoms with Gasteiger partial charge in [-0.15, -0.1) is 0 Å². The van der Waals surface area contributed by atoms with E-state index in [1.165, 1.54) is 6.92 Å². The maximum Gasteiger partial charge on any atom is 0.344 e. The molecule has 6 nitrogen and oxygen atoms in total. The molecule has 0 fully saturated rings. The highest BCUT2D eigenvalue weighted by Crippen LogP contribution is 2.12. The Balaban J connectivity index is 2.28. The second kappa shape index (κ2) is 9.61. The zero-order valence-corrected chi connectivity index (χ0v) is 13.8. The Labute approximate surface area is 136 Å². The first-order valence-electron chi connectivity index (χ1n) is 7.61. The molecule has 1 aromatic carbocycles. The lowest BCUT2D eigenvalue weighted by atomic mass is 10.1. The monoisotopic (exact) mass is 321 g/mol. The maximum atomic E-state index is 11.5. The summed E-state index contributed by atoms with van der Waals surface area (Å²) in [6, 6.07) is 6.49. The van der Waals surface area contributed by atoms with Crippen molar-refractivity contribution in [3.8, 4) is 5.75 Å². The van der Waals surface area contributed by atoms with Crippen molar-refractivity contribution in [3.63, 3.8) is 0 Å². The van der Waals surface area contributed by atoms with Crippen molar-refractivity contribution in [1.29, 1.82) is 0 Å². The SMILES string of the molecule is CCC[C@@H](C)NC(=O)COC(=O)COc1ccc(C(C)=O)cc1. The van der Waals surface area contributed by atoms with Crippen molar-refractivity contribution in [1.82, 2.24) is 5.32 Å². The van der Waals surface area contributed by atoms with E-state index in [4.69, 9.17) is 9.47 Å². The number of amides is 1. The van der Waals surface area contributed by atoms with Gasteiger partial charge in [0.05, 0.1) is 0 Å². The van der Waals surface area contributed by atoms with Gasteiger partial charge in [-0.2, -0.15) is 0 Å². The third kappa shape index (κ3) is 7.44. The Hall–Kier alpha value is -2.37. The minimum Gasteiger partial charge on any atom is -0.482 e. The first-order chi connectivity index (χ1) is 10.9. The Kier molecular flexibility index (Phi) is 7.80. The van der Waals surface area contributed by atoms with Crippen molar-refractivity contribution in [2.45, 2.75) is 39.7 Å². The van der Waals surface area contributed by atoms with Gasteiger partial charge in [0.2, 0.25) is 0 Å². The number of benzene rings is 1. The summed E-state index contributed by atoms with van der Waals surface area (Å²) in [4.78, 5) is 34.2. The van der Waals surface area contributed by atoms with Gasteiger partial charge in [-0.1, -0.05) is 13.3 Å². The summed E-state index contributed by atoms with van der Waals surface area (Å²) >= 11 is 0. The topological polar surface area (TPSA) is 81.7 Å². The number of ether oxygens (including phenoxy) is 2. The molecule has 0 aliphatic carbocycles. The summed E-state index contributed by atoms with van der Waals surface area (Å²) in [6.07, 6.45) is 1.84. The van der Waals surface area contributed by atoms with Crippen LogP contribution in [-0.4, -0.2) is 36.9 Å². The fourth-order valence-electron chi connectivity index (χ4n) is 1.94. The molecule has 1 atom stereocenters. The predicted octanol–water partition coefficient (Wildman–Crippen LogP) is 2.12. The van der Waals surface area contributed by atoms with Crippen molar-refractivity contribution in [2.24, 2.45) is 0 Å². The van der Waals surface area contributed by atoms with Crippen LogP contribution in [0.25, 0.3) is 0 Å². The average molecular weight is 321 g/mol. The van der Waals surface area contributed by atoms with E-state index in [2.05, 4.69) is 5.32 Å². The van der Waals surface area contributed by atoms with Crippen LogP contribution in [0.4, 0.5) is 0 Å². The number of hydrogen-bond donors (Lipinski definition) is 1. The van der Waals surface area contributed by atoms with Gasteiger partial charge in [0.25, 0.3) is 5.91 Å². The second-order valence-corrected chi connectivity index (χ2v) is 5.29. The lowest BCUT2D eigenvalue weighted by molar-refractivity contribution is -0.150. The molecule has 0 saturated heterocycles. The summed E-state index contributed by atoms with van der Waals surface area (Å²) in [6.45, 7) is 4.79. The molecule has 0 saturated carbocycles. The van der Waals surface area contributed by atoms with Crippen LogP contribution in [0.3, 0.4) is 0 Å². The van der Waals surface area contributed by atoms with Crippen LogP contribution in [0.5, 0.6) is 5.75 Å². The van der Waals surface area contributed by atoms with Gasteiger partial charge in [0.15, 0.2) is 19.0 Å². The number of nitrogens with one attached hydrogen (secondary N) is 1. The minimum absolute atomic E-state index is 0.0423. The summed E-state index contributed by atoms with van der Waals surface area (Å²) in [5, 5.41) is 2.74. The predicted molar refractivity (Wildman–Crippen MR) is 85.4 cm³/mol. The molecule has 1 amide bonds. The van der Waals surface area contributed by atoms with E-state index < -0.39 is 5.97 Å². The van der Waals surface area contributed by atoms with Gasteiger partial charge in [0.1, 0.15) is 5.75 Å². The zero-order valence-electron chi connectivity index (χ0n) is 13.8. The van der Waals surface area contributed by atoms with E-state index in [0.29, 0.717) is 11.3 Å². The van der Waals surface area contributed by atoms with Crippen LogP contribution >= 0.6 is 0 Å². The summed E-state index contributed by atoms with van der Waals surface area (Å²) in [7, 11) is 0. The molecule has 0 heterocycles. The number of esters is 1. The molecule has 6 heteroatoms. The van der Waals surface area contributed by atoms with Crippen molar-refractivity contribution in [3.05, 3.63) is 29.8 Å². The van der Waals surface area contributed by atoms with Gasteiger partial charge in [-0.05, 0) is 44.5 Å². The zero-order chi connectivity index (χ0) is 17.2. The molecule has 1 rings (SSSR count). The Morgan fingerprint density at radius 2 is 1.78 bits per heavy atom. The van der Waals surface area contributed by atoms with Gasteiger partial charge in [0, 0.05) is 11.6 Å². The number of rotatable bonds is 9. The molecular weight excluding hydrogens is 298 g/mol. The van der Waals surface area contributed by atoms with Gasteiger partial charge in [-0.25, -0.2) is 4.79 Å². The Morgan fingerprint density at radius 1 is 1.13 bits per heavy atom. The molecule has 1 aromatic rings. The fraction of sp³-hybridized carbons (Fsp3) is 0.471. The minimum atomic E-state index is -0.626. The van der Waals surface area contributed by atoms with Gasteiger partial charge >= 0.3 is 5.97 Å². The largest absolute Gasteiger partial charge is 0.482 e. The van der Waals surface area contributed by atoms with E-state index >= 15 is 0 Å². The van der Waals surface area contributed by atoms with Crippen molar-refractivity contribution < 1.29 is 23.9 Å². The maximum absolute atomic E-state index is 11.5. The number of carbonyl (C=O) groups excluding carboxylic acids is 3. The fourth-order valence-corrected chi connectivity index (χ4v) is 1.94. The van der Waals surface area contributed by atoms with E-state index in [-0.39, 0.29) is 30.9 Å². The molecule has 0 unspecified atom stereocenters. The standard InChI is InChI=1S/C17H23NO5/c1-4-5-12(2)18-16(20)10-23-17(21)11-22-15-8-6-14(7-9-15)13(3)19/h6-9,12H,4-5,10-11H2,1-3H3,(H,18,20)/t12-/m1/s1.